The number of aryl methyl sites for hydroxylation is 2. The average molecular weight is 297 g/mol. The van der Waals surface area contributed by atoms with Gasteiger partial charge in [0.2, 0.25) is 0 Å². The molecular formula is C15H18F3N3. The zero-order valence-electron chi connectivity index (χ0n) is 12.2. The topological polar surface area (TPSA) is 29.9 Å². The maximum Gasteiger partial charge on any atom is 0.416 e. The van der Waals surface area contributed by atoms with Crippen LogP contribution in [0.15, 0.2) is 30.5 Å². The quantitative estimate of drug-likeness (QED) is 0.934. The van der Waals surface area contributed by atoms with Crippen LogP contribution < -0.4 is 5.32 Å². The molecule has 0 aliphatic carbocycles. The number of alkyl halides is 3. The fraction of sp³-hybridized carbons (Fsp3) is 0.400. The lowest BCUT2D eigenvalue weighted by Crippen LogP contribution is -2.18. The van der Waals surface area contributed by atoms with Gasteiger partial charge in [0.25, 0.3) is 0 Å². The number of hydrogen-bond acceptors (Lipinski definition) is 2. The number of nitrogens with zero attached hydrogens (tertiary/aromatic N) is 2. The minimum Gasteiger partial charge on any atom is -0.306 e. The first-order valence-corrected chi connectivity index (χ1v) is 6.67. The minimum atomic E-state index is -4.30. The number of rotatable bonds is 4. The summed E-state index contributed by atoms with van der Waals surface area (Å²) >= 11 is 0. The predicted molar refractivity (Wildman–Crippen MR) is 74.6 cm³/mol. The fourth-order valence-electron chi connectivity index (χ4n) is 2.28. The van der Waals surface area contributed by atoms with Crippen LogP contribution >= 0.6 is 0 Å². The molecule has 0 saturated carbocycles. The normalized spacial score (nSPS) is 13.4. The Balaban J connectivity index is 2.05. The standard InChI is InChI=1S/C15H18F3N3/c1-10(14-9-21(3)20-11(14)2)19-8-12-5-4-6-13(7-12)15(16,17)18/h4-7,9-10,19H,8H2,1-3H3. The summed E-state index contributed by atoms with van der Waals surface area (Å²) in [6.45, 7) is 4.26. The fourth-order valence-corrected chi connectivity index (χ4v) is 2.28. The van der Waals surface area contributed by atoms with E-state index < -0.39 is 11.7 Å². The molecule has 1 atom stereocenters. The number of halogens is 3. The molecule has 0 bridgehead atoms. The summed E-state index contributed by atoms with van der Waals surface area (Å²) in [5.74, 6) is 0. The molecule has 0 aliphatic rings. The molecule has 0 spiro atoms. The summed E-state index contributed by atoms with van der Waals surface area (Å²) in [6, 6.07) is 5.40. The highest BCUT2D eigenvalue weighted by Gasteiger charge is 2.30. The van der Waals surface area contributed by atoms with E-state index in [0.29, 0.717) is 12.1 Å². The molecule has 2 aromatic rings. The molecule has 1 aromatic heterocycles. The second kappa shape index (κ2) is 5.89. The van der Waals surface area contributed by atoms with Crippen LogP contribution in [0.4, 0.5) is 13.2 Å². The third-order valence-corrected chi connectivity index (χ3v) is 3.38. The van der Waals surface area contributed by atoms with Crippen LogP contribution in [0.5, 0.6) is 0 Å². The first kappa shape index (κ1) is 15.6. The molecule has 0 saturated heterocycles. The summed E-state index contributed by atoms with van der Waals surface area (Å²) in [5.41, 5.74) is 1.95. The number of aromatic nitrogens is 2. The van der Waals surface area contributed by atoms with Crippen molar-refractivity contribution in [2.24, 2.45) is 7.05 Å². The predicted octanol–water partition coefficient (Wildman–Crippen LogP) is 3.60. The highest BCUT2D eigenvalue weighted by Crippen LogP contribution is 2.29. The van der Waals surface area contributed by atoms with Crippen LogP contribution in [0, 0.1) is 6.92 Å². The van der Waals surface area contributed by atoms with E-state index in [1.807, 2.05) is 27.1 Å². The summed E-state index contributed by atoms with van der Waals surface area (Å²) in [5, 5.41) is 7.49. The van der Waals surface area contributed by atoms with E-state index in [4.69, 9.17) is 0 Å². The smallest absolute Gasteiger partial charge is 0.306 e. The molecule has 1 N–H and O–H groups in total. The molecule has 2 rings (SSSR count). The van der Waals surface area contributed by atoms with Crippen LogP contribution in [-0.4, -0.2) is 9.78 Å². The van der Waals surface area contributed by atoms with E-state index in [0.717, 1.165) is 17.3 Å². The molecular weight excluding hydrogens is 279 g/mol. The van der Waals surface area contributed by atoms with Gasteiger partial charge in [-0.3, -0.25) is 4.68 Å². The Morgan fingerprint density at radius 1 is 1.33 bits per heavy atom. The summed E-state index contributed by atoms with van der Waals surface area (Å²) in [6.07, 6.45) is -2.39. The van der Waals surface area contributed by atoms with E-state index in [2.05, 4.69) is 10.4 Å². The Bertz CT molecular complexity index is 617. The van der Waals surface area contributed by atoms with Gasteiger partial charge < -0.3 is 5.32 Å². The van der Waals surface area contributed by atoms with E-state index in [1.54, 1.807) is 10.7 Å². The lowest BCUT2D eigenvalue weighted by Gasteiger charge is -2.14. The average Bonchev–Trinajstić information content (AvgIpc) is 2.74. The van der Waals surface area contributed by atoms with Crippen molar-refractivity contribution in [3.8, 4) is 0 Å². The molecule has 0 fully saturated rings. The van der Waals surface area contributed by atoms with Gasteiger partial charge in [-0.05, 0) is 25.5 Å². The number of benzene rings is 1. The van der Waals surface area contributed by atoms with Gasteiger partial charge in [-0.25, -0.2) is 0 Å². The van der Waals surface area contributed by atoms with Gasteiger partial charge in [0.05, 0.1) is 11.3 Å². The van der Waals surface area contributed by atoms with Crippen LogP contribution in [0.1, 0.15) is 35.3 Å². The van der Waals surface area contributed by atoms with E-state index >= 15 is 0 Å². The third-order valence-electron chi connectivity index (χ3n) is 3.38. The second-order valence-electron chi connectivity index (χ2n) is 5.14. The van der Waals surface area contributed by atoms with Crippen molar-refractivity contribution < 1.29 is 13.2 Å². The van der Waals surface area contributed by atoms with Crippen LogP contribution in [0.25, 0.3) is 0 Å². The molecule has 3 nitrogen and oxygen atoms in total. The van der Waals surface area contributed by atoms with Crippen molar-refractivity contribution in [3.63, 3.8) is 0 Å². The van der Waals surface area contributed by atoms with Gasteiger partial charge in [-0.1, -0.05) is 18.2 Å². The molecule has 0 amide bonds. The van der Waals surface area contributed by atoms with Crippen molar-refractivity contribution in [2.75, 3.05) is 0 Å². The molecule has 1 heterocycles. The molecule has 114 valence electrons. The summed E-state index contributed by atoms with van der Waals surface area (Å²) < 4.78 is 39.7. The molecule has 0 aliphatic heterocycles. The summed E-state index contributed by atoms with van der Waals surface area (Å²) in [4.78, 5) is 0. The second-order valence-corrected chi connectivity index (χ2v) is 5.14. The SMILES string of the molecule is Cc1nn(C)cc1C(C)NCc1cccc(C(F)(F)F)c1. The molecule has 21 heavy (non-hydrogen) atoms. The Hall–Kier alpha value is -1.82. The van der Waals surface area contributed by atoms with Gasteiger partial charge in [-0.15, -0.1) is 0 Å². The zero-order valence-corrected chi connectivity index (χ0v) is 12.2. The Morgan fingerprint density at radius 2 is 2.05 bits per heavy atom. The first-order chi connectivity index (χ1) is 9.77. The highest BCUT2D eigenvalue weighted by molar-refractivity contribution is 5.26. The maximum absolute atomic E-state index is 12.7. The zero-order chi connectivity index (χ0) is 15.6. The molecule has 6 heteroatoms. The van der Waals surface area contributed by atoms with E-state index in [9.17, 15) is 13.2 Å². The van der Waals surface area contributed by atoms with Gasteiger partial charge in [0.1, 0.15) is 0 Å². The van der Waals surface area contributed by atoms with Gasteiger partial charge in [0.15, 0.2) is 0 Å². The lowest BCUT2D eigenvalue weighted by atomic mass is 10.1. The minimum absolute atomic E-state index is 0.0215. The Kier molecular flexibility index (Phi) is 4.37. The van der Waals surface area contributed by atoms with E-state index in [-0.39, 0.29) is 6.04 Å². The maximum atomic E-state index is 12.7. The first-order valence-electron chi connectivity index (χ1n) is 6.67. The van der Waals surface area contributed by atoms with Crippen LogP contribution in [0.2, 0.25) is 0 Å². The molecule has 1 aromatic carbocycles. The van der Waals surface area contributed by atoms with Crippen molar-refractivity contribution in [1.29, 1.82) is 0 Å². The van der Waals surface area contributed by atoms with Crippen molar-refractivity contribution in [3.05, 3.63) is 52.8 Å². The monoisotopic (exact) mass is 297 g/mol. The number of nitrogens with one attached hydrogen (secondary N) is 1. The Labute approximate surface area is 121 Å². The largest absolute Gasteiger partial charge is 0.416 e. The number of hydrogen-bond donors (Lipinski definition) is 1. The van der Waals surface area contributed by atoms with Crippen LogP contribution in [-0.2, 0) is 19.8 Å². The van der Waals surface area contributed by atoms with E-state index in [1.165, 1.54) is 12.1 Å². The van der Waals surface area contributed by atoms with Crippen LogP contribution in [0.3, 0.4) is 0 Å². The Morgan fingerprint density at radius 3 is 2.62 bits per heavy atom. The highest BCUT2D eigenvalue weighted by atomic mass is 19.4. The molecule has 1 unspecified atom stereocenters. The van der Waals surface area contributed by atoms with Crippen molar-refractivity contribution in [1.82, 2.24) is 15.1 Å². The molecule has 0 radical (unpaired) electrons. The van der Waals surface area contributed by atoms with Crippen molar-refractivity contribution >= 4 is 0 Å². The summed E-state index contributed by atoms with van der Waals surface area (Å²) in [7, 11) is 1.84. The van der Waals surface area contributed by atoms with Gasteiger partial charge in [0, 0.05) is 31.4 Å². The lowest BCUT2D eigenvalue weighted by molar-refractivity contribution is -0.137. The van der Waals surface area contributed by atoms with Gasteiger partial charge in [-0.2, -0.15) is 18.3 Å². The third kappa shape index (κ3) is 3.85. The van der Waals surface area contributed by atoms with Crippen molar-refractivity contribution in [2.45, 2.75) is 32.6 Å². The van der Waals surface area contributed by atoms with Gasteiger partial charge >= 0.3 is 6.18 Å².